The van der Waals surface area contributed by atoms with Crippen LogP contribution in [-0.4, -0.2) is 22.4 Å². The standard InChI is InChI=1S/C20H40O2/c1-6-18(21)19(22)12-14-20(4,5)13-11-16(3)17-9-7-15(2)8-10-17/h15-19,21-22H,6-14H2,1-5H3/t15?,16-,17?,18?,19?/m0/s1. The summed E-state index contributed by atoms with van der Waals surface area (Å²) in [6.07, 6.45) is 9.46. The van der Waals surface area contributed by atoms with Gasteiger partial charge in [0.1, 0.15) is 0 Å². The van der Waals surface area contributed by atoms with Gasteiger partial charge in [-0.3, -0.25) is 0 Å². The number of rotatable bonds is 9. The van der Waals surface area contributed by atoms with Gasteiger partial charge in [0.15, 0.2) is 0 Å². The molecule has 3 atom stereocenters. The third-order valence-corrected chi connectivity index (χ3v) is 6.12. The van der Waals surface area contributed by atoms with Gasteiger partial charge in [0.25, 0.3) is 0 Å². The highest BCUT2D eigenvalue weighted by molar-refractivity contribution is 4.78. The van der Waals surface area contributed by atoms with Crippen molar-refractivity contribution < 1.29 is 10.2 Å². The molecule has 0 radical (unpaired) electrons. The lowest BCUT2D eigenvalue weighted by molar-refractivity contribution is 0.00523. The molecule has 0 aliphatic heterocycles. The molecular formula is C20H40O2. The minimum atomic E-state index is -0.557. The molecule has 2 N–H and O–H groups in total. The zero-order valence-corrected chi connectivity index (χ0v) is 15.6. The number of hydrogen-bond acceptors (Lipinski definition) is 2. The maximum Gasteiger partial charge on any atom is 0.0799 e. The van der Waals surface area contributed by atoms with Crippen LogP contribution in [0.5, 0.6) is 0 Å². The molecule has 1 saturated carbocycles. The van der Waals surface area contributed by atoms with Crippen molar-refractivity contribution in [3.05, 3.63) is 0 Å². The highest BCUT2D eigenvalue weighted by atomic mass is 16.3. The zero-order valence-electron chi connectivity index (χ0n) is 15.6. The third kappa shape index (κ3) is 7.00. The minimum absolute atomic E-state index is 0.269. The number of aliphatic hydroxyl groups is 2. The number of aliphatic hydroxyl groups excluding tert-OH is 2. The van der Waals surface area contributed by atoms with Gasteiger partial charge < -0.3 is 10.2 Å². The first-order chi connectivity index (χ1) is 10.2. The van der Waals surface area contributed by atoms with Crippen molar-refractivity contribution in [1.29, 1.82) is 0 Å². The first-order valence-electron chi connectivity index (χ1n) is 9.61. The van der Waals surface area contributed by atoms with Crippen molar-refractivity contribution in [2.45, 2.75) is 105 Å². The first-order valence-corrected chi connectivity index (χ1v) is 9.61. The van der Waals surface area contributed by atoms with E-state index in [1.54, 1.807) is 0 Å². The summed E-state index contributed by atoms with van der Waals surface area (Å²) in [5.74, 6) is 2.70. The van der Waals surface area contributed by atoms with Crippen molar-refractivity contribution in [2.24, 2.45) is 23.2 Å². The minimum Gasteiger partial charge on any atom is -0.390 e. The predicted octanol–water partition coefficient (Wildman–Crippen LogP) is 5.17. The van der Waals surface area contributed by atoms with Crippen LogP contribution in [0.2, 0.25) is 0 Å². The molecule has 2 nitrogen and oxygen atoms in total. The molecule has 22 heavy (non-hydrogen) atoms. The summed E-state index contributed by atoms with van der Waals surface area (Å²) in [5.41, 5.74) is 0.269. The van der Waals surface area contributed by atoms with Crippen molar-refractivity contribution in [1.82, 2.24) is 0 Å². The monoisotopic (exact) mass is 312 g/mol. The van der Waals surface area contributed by atoms with Gasteiger partial charge in [0, 0.05) is 0 Å². The van der Waals surface area contributed by atoms with E-state index in [0.29, 0.717) is 6.42 Å². The van der Waals surface area contributed by atoms with Gasteiger partial charge >= 0.3 is 0 Å². The second-order valence-corrected chi connectivity index (χ2v) is 8.78. The molecule has 2 heteroatoms. The molecule has 0 heterocycles. The second-order valence-electron chi connectivity index (χ2n) is 8.78. The molecule has 0 aromatic heterocycles. The molecule has 1 fully saturated rings. The van der Waals surface area contributed by atoms with E-state index in [1.165, 1.54) is 38.5 Å². The Morgan fingerprint density at radius 2 is 1.50 bits per heavy atom. The Balaban J connectivity index is 2.29. The van der Waals surface area contributed by atoms with Crippen LogP contribution >= 0.6 is 0 Å². The van der Waals surface area contributed by atoms with Gasteiger partial charge in [-0.05, 0) is 68.1 Å². The maximum absolute atomic E-state index is 9.94. The molecule has 1 rings (SSSR count). The van der Waals surface area contributed by atoms with Crippen LogP contribution in [0.1, 0.15) is 92.4 Å². The molecule has 1 aliphatic rings. The fourth-order valence-corrected chi connectivity index (χ4v) is 3.84. The Morgan fingerprint density at radius 1 is 0.955 bits per heavy atom. The van der Waals surface area contributed by atoms with Crippen LogP contribution < -0.4 is 0 Å². The quantitative estimate of drug-likeness (QED) is 0.617. The largest absolute Gasteiger partial charge is 0.390 e. The Hall–Kier alpha value is -0.0800. The fraction of sp³-hybridized carbons (Fsp3) is 1.00. The first kappa shape index (κ1) is 20.0. The third-order valence-electron chi connectivity index (χ3n) is 6.12. The lowest BCUT2D eigenvalue weighted by Gasteiger charge is -2.33. The molecule has 0 saturated heterocycles. The van der Waals surface area contributed by atoms with Crippen LogP contribution in [-0.2, 0) is 0 Å². The lowest BCUT2D eigenvalue weighted by atomic mass is 9.73. The Labute approximate surface area is 138 Å². The van der Waals surface area contributed by atoms with Crippen LogP contribution in [0.3, 0.4) is 0 Å². The summed E-state index contributed by atoms with van der Waals surface area (Å²) in [6.45, 7) is 11.4. The molecule has 2 unspecified atom stereocenters. The summed E-state index contributed by atoms with van der Waals surface area (Å²) >= 11 is 0. The molecule has 0 aromatic carbocycles. The smallest absolute Gasteiger partial charge is 0.0799 e. The van der Waals surface area contributed by atoms with Gasteiger partial charge in [-0.15, -0.1) is 0 Å². The van der Waals surface area contributed by atoms with Gasteiger partial charge in [-0.1, -0.05) is 47.5 Å². The van der Waals surface area contributed by atoms with E-state index >= 15 is 0 Å². The van der Waals surface area contributed by atoms with Crippen LogP contribution in [0.4, 0.5) is 0 Å². The summed E-state index contributed by atoms with van der Waals surface area (Å²) in [7, 11) is 0. The highest BCUT2D eigenvalue weighted by Crippen LogP contribution is 2.38. The van der Waals surface area contributed by atoms with E-state index in [9.17, 15) is 10.2 Å². The van der Waals surface area contributed by atoms with Gasteiger partial charge in [-0.25, -0.2) is 0 Å². The zero-order chi connectivity index (χ0) is 16.8. The van der Waals surface area contributed by atoms with E-state index in [1.807, 2.05) is 6.92 Å². The molecular weight excluding hydrogens is 272 g/mol. The van der Waals surface area contributed by atoms with Crippen LogP contribution in [0, 0.1) is 23.2 Å². The topological polar surface area (TPSA) is 40.5 Å². The molecule has 0 spiro atoms. The summed E-state index contributed by atoms with van der Waals surface area (Å²) in [5, 5.41) is 19.6. The lowest BCUT2D eigenvalue weighted by Crippen LogP contribution is -2.27. The Bertz CT molecular complexity index is 292. The van der Waals surface area contributed by atoms with Crippen molar-refractivity contribution in [3.63, 3.8) is 0 Å². The Kier molecular flexibility index (Phi) is 8.42. The summed E-state index contributed by atoms with van der Waals surface area (Å²) < 4.78 is 0. The molecule has 1 aliphatic carbocycles. The maximum atomic E-state index is 9.94. The number of hydrogen-bond donors (Lipinski definition) is 2. The van der Waals surface area contributed by atoms with E-state index in [0.717, 1.165) is 30.6 Å². The van der Waals surface area contributed by atoms with Gasteiger partial charge in [-0.2, -0.15) is 0 Å². The van der Waals surface area contributed by atoms with E-state index in [-0.39, 0.29) is 5.41 Å². The molecule has 0 aromatic rings. The summed E-state index contributed by atoms with van der Waals surface area (Å²) in [4.78, 5) is 0. The van der Waals surface area contributed by atoms with E-state index in [4.69, 9.17) is 0 Å². The average molecular weight is 313 g/mol. The molecule has 0 amide bonds. The van der Waals surface area contributed by atoms with Crippen LogP contribution in [0.25, 0.3) is 0 Å². The van der Waals surface area contributed by atoms with Crippen LogP contribution in [0.15, 0.2) is 0 Å². The Morgan fingerprint density at radius 3 is 2.05 bits per heavy atom. The molecule has 132 valence electrons. The van der Waals surface area contributed by atoms with Crippen molar-refractivity contribution >= 4 is 0 Å². The second kappa shape index (κ2) is 9.27. The van der Waals surface area contributed by atoms with Crippen molar-refractivity contribution in [3.8, 4) is 0 Å². The molecule has 0 bridgehead atoms. The van der Waals surface area contributed by atoms with E-state index < -0.39 is 12.2 Å². The SMILES string of the molecule is CCC(O)C(O)CCC(C)(C)CC[C@H](C)C1CCC(C)CC1. The highest BCUT2D eigenvalue weighted by Gasteiger charge is 2.26. The predicted molar refractivity (Wildman–Crippen MR) is 94.8 cm³/mol. The normalized spacial score (nSPS) is 27.4. The van der Waals surface area contributed by atoms with Crippen molar-refractivity contribution in [2.75, 3.05) is 0 Å². The average Bonchev–Trinajstić information content (AvgIpc) is 2.50. The van der Waals surface area contributed by atoms with E-state index in [2.05, 4.69) is 27.7 Å². The fourth-order valence-electron chi connectivity index (χ4n) is 3.84. The summed E-state index contributed by atoms with van der Waals surface area (Å²) in [6, 6.07) is 0. The van der Waals surface area contributed by atoms with Gasteiger partial charge in [0.05, 0.1) is 12.2 Å². The van der Waals surface area contributed by atoms with Gasteiger partial charge in [0.2, 0.25) is 0 Å².